The van der Waals surface area contributed by atoms with Crippen LogP contribution in [-0.4, -0.2) is 42.8 Å². The van der Waals surface area contributed by atoms with E-state index in [0.717, 1.165) is 38.5 Å². The van der Waals surface area contributed by atoms with Gasteiger partial charge >= 0.3 is 6.09 Å². The van der Waals surface area contributed by atoms with Gasteiger partial charge in [-0.25, -0.2) is 4.79 Å². The van der Waals surface area contributed by atoms with Gasteiger partial charge in [-0.15, -0.1) is 0 Å². The number of ether oxygens (including phenoxy) is 1. The number of carbonyl (C=O) groups excluding carboxylic acids is 1. The van der Waals surface area contributed by atoms with Gasteiger partial charge in [0.1, 0.15) is 5.60 Å². The van der Waals surface area contributed by atoms with Gasteiger partial charge in [-0.05, 0) is 76.4 Å². The molecule has 1 heterocycles. The second-order valence-corrected chi connectivity index (χ2v) is 8.70. The number of nitrogens with one attached hydrogen (secondary N) is 1. The Balaban J connectivity index is 1.60. The van der Waals surface area contributed by atoms with Gasteiger partial charge in [0.05, 0.1) is 0 Å². The molecule has 25 heavy (non-hydrogen) atoms. The van der Waals surface area contributed by atoms with Crippen molar-refractivity contribution in [2.45, 2.75) is 45.6 Å². The molecule has 0 bridgehead atoms. The normalized spacial score (nSPS) is 23.7. The molecular formula is C21H32N2O2. The molecular weight excluding hydrogens is 312 g/mol. The van der Waals surface area contributed by atoms with E-state index in [4.69, 9.17) is 4.74 Å². The maximum Gasteiger partial charge on any atom is 0.410 e. The summed E-state index contributed by atoms with van der Waals surface area (Å²) in [7, 11) is 0. The topological polar surface area (TPSA) is 41.6 Å². The molecule has 0 spiro atoms. The van der Waals surface area contributed by atoms with Gasteiger partial charge in [0.2, 0.25) is 0 Å². The highest BCUT2D eigenvalue weighted by atomic mass is 16.6. The SMILES string of the molecule is CC(C)(C)OC(=O)N1C[C@@H](CNCC2CC2)[C@H](Cc2ccccc2)C1. The summed E-state index contributed by atoms with van der Waals surface area (Å²) in [6.07, 6.45) is 3.59. The third-order valence-corrected chi connectivity index (χ3v) is 5.11. The first-order chi connectivity index (χ1) is 11.9. The van der Waals surface area contributed by atoms with Crippen molar-refractivity contribution in [1.82, 2.24) is 10.2 Å². The zero-order valence-electron chi connectivity index (χ0n) is 15.8. The lowest BCUT2D eigenvalue weighted by Gasteiger charge is -2.24. The van der Waals surface area contributed by atoms with E-state index in [9.17, 15) is 4.79 Å². The first-order valence-electron chi connectivity index (χ1n) is 9.63. The third-order valence-electron chi connectivity index (χ3n) is 5.11. The Hall–Kier alpha value is -1.55. The van der Waals surface area contributed by atoms with Crippen molar-refractivity contribution in [3.8, 4) is 0 Å². The minimum absolute atomic E-state index is 0.171. The van der Waals surface area contributed by atoms with Crippen LogP contribution in [0, 0.1) is 17.8 Å². The first-order valence-corrected chi connectivity index (χ1v) is 9.63. The van der Waals surface area contributed by atoms with Crippen molar-refractivity contribution in [3.05, 3.63) is 35.9 Å². The highest BCUT2D eigenvalue weighted by Crippen LogP contribution is 2.30. The largest absolute Gasteiger partial charge is 0.444 e. The molecule has 1 amide bonds. The van der Waals surface area contributed by atoms with Crippen LogP contribution < -0.4 is 5.32 Å². The van der Waals surface area contributed by atoms with E-state index < -0.39 is 5.60 Å². The molecule has 2 atom stereocenters. The van der Waals surface area contributed by atoms with Crippen molar-refractivity contribution in [3.63, 3.8) is 0 Å². The lowest BCUT2D eigenvalue weighted by atomic mass is 9.89. The Morgan fingerprint density at radius 3 is 2.44 bits per heavy atom. The molecule has 1 N–H and O–H groups in total. The summed E-state index contributed by atoms with van der Waals surface area (Å²) in [6.45, 7) is 9.49. The molecule has 0 unspecified atom stereocenters. The maximum atomic E-state index is 12.5. The van der Waals surface area contributed by atoms with Crippen LogP contribution in [0.4, 0.5) is 4.79 Å². The molecule has 1 aliphatic carbocycles. The van der Waals surface area contributed by atoms with E-state index in [1.165, 1.54) is 18.4 Å². The van der Waals surface area contributed by atoms with E-state index in [2.05, 4.69) is 35.6 Å². The first kappa shape index (κ1) is 18.2. The van der Waals surface area contributed by atoms with Crippen LogP contribution in [0.15, 0.2) is 30.3 Å². The lowest BCUT2D eigenvalue weighted by molar-refractivity contribution is 0.0284. The van der Waals surface area contributed by atoms with Crippen LogP contribution in [0.2, 0.25) is 0 Å². The van der Waals surface area contributed by atoms with E-state index in [0.29, 0.717) is 11.8 Å². The molecule has 1 aliphatic heterocycles. The highest BCUT2D eigenvalue weighted by Gasteiger charge is 2.37. The number of hydrogen-bond donors (Lipinski definition) is 1. The molecule has 1 aromatic rings. The molecule has 138 valence electrons. The van der Waals surface area contributed by atoms with Crippen molar-refractivity contribution in [1.29, 1.82) is 0 Å². The lowest BCUT2D eigenvalue weighted by Crippen LogP contribution is -2.36. The van der Waals surface area contributed by atoms with Gasteiger partial charge in [-0.1, -0.05) is 30.3 Å². The molecule has 1 aromatic carbocycles. The Bertz CT molecular complexity index is 563. The van der Waals surface area contributed by atoms with Crippen molar-refractivity contribution in [2.24, 2.45) is 17.8 Å². The molecule has 2 aliphatic rings. The summed E-state index contributed by atoms with van der Waals surface area (Å²) >= 11 is 0. The zero-order chi connectivity index (χ0) is 17.9. The van der Waals surface area contributed by atoms with Crippen LogP contribution >= 0.6 is 0 Å². The van der Waals surface area contributed by atoms with E-state index in [-0.39, 0.29) is 6.09 Å². The molecule has 3 rings (SSSR count). The number of benzene rings is 1. The zero-order valence-corrected chi connectivity index (χ0v) is 15.8. The van der Waals surface area contributed by atoms with Crippen LogP contribution in [0.3, 0.4) is 0 Å². The third kappa shape index (κ3) is 5.74. The predicted molar refractivity (Wildman–Crippen MR) is 101 cm³/mol. The fraction of sp³-hybridized carbons (Fsp3) is 0.667. The minimum Gasteiger partial charge on any atom is -0.444 e. The maximum absolute atomic E-state index is 12.5. The Labute approximate surface area is 151 Å². The number of rotatable bonds is 6. The number of nitrogens with zero attached hydrogens (tertiary/aromatic N) is 1. The van der Waals surface area contributed by atoms with Crippen molar-refractivity contribution in [2.75, 3.05) is 26.2 Å². The van der Waals surface area contributed by atoms with Gasteiger partial charge in [-0.2, -0.15) is 0 Å². The number of likely N-dealkylation sites (tertiary alicyclic amines) is 1. The summed E-state index contributed by atoms with van der Waals surface area (Å²) < 4.78 is 5.59. The molecule has 2 fully saturated rings. The van der Waals surface area contributed by atoms with Crippen LogP contribution in [0.25, 0.3) is 0 Å². The number of carbonyl (C=O) groups is 1. The van der Waals surface area contributed by atoms with E-state index in [1.807, 2.05) is 25.7 Å². The van der Waals surface area contributed by atoms with Gasteiger partial charge in [0.25, 0.3) is 0 Å². The summed E-state index contributed by atoms with van der Waals surface area (Å²) in [5.41, 5.74) is 0.916. The van der Waals surface area contributed by atoms with Crippen molar-refractivity contribution >= 4 is 6.09 Å². The molecule has 0 radical (unpaired) electrons. The monoisotopic (exact) mass is 344 g/mol. The Morgan fingerprint density at radius 2 is 1.80 bits per heavy atom. The fourth-order valence-corrected chi connectivity index (χ4v) is 3.59. The number of amides is 1. The quantitative estimate of drug-likeness (QED) is 0.855. The van der Waals surface area contributed by atoms with Crippen LogP contribution in [0.1, 0.15) is 39.2 Å². The average molecular weight is 344 g/mol. The van der Waals surface area contributed by atoms with Crippen LogP contribution in [0.5, 0.6) is 0 Å². The summed E-state index contributed by atoms with van der Waals surface area (Å²) in [6, 6.07) is 10.6. The molecule has 4 heteroatoms. The van der Waals surface area contributed by atoms with E-state index in [1.54, 1.807) is 0 Å². The standard InChI is InChI=1S/C21H32N2O2/c1-21(2,3)25-20(24)23-14-18(11-16-7-5-4-6-8-16)19(15-23)13-22-12-17-9-10-17/h4-8,17-19,22H,9-15H2,1-3H3/t18-,19-/m1/s1. The van der Waals surface area contributed by atoms with Gasteiger partial charge in [0.15, 0.2) is 0 Å². The Morgan fingerprint density at radius 1 is 1.12 bits per heavy atom. The molecule has 1 saturated carbocycles. The fourth-order valence-electron chi connectivity index (χ4n) is 3.59. The summed E-state index contributed by atoms with van der Waals surface area (Å²) in [4.78, 5) is 14.4. The minimum atomic E-state index is -0.436. The average Bonchev–Trinajstić information content (AvgIpc) is 3.28. The highest BCUT2D eigenvalue weighted by molar-refractivity contribution is 5.68. The predicted octanol–water partition coefficient (Wildman–Crippen LogP) is 3.71. The van der Waals surface area contributed by atoms with Gasteiger partial charge < -0.3 is 15.0 Å². The summed E-state index contributed by atoms with van der Waals surface area (Å²) in [5.74, 6) is 1.86. The van der Waals surface area contributed by atoms with Gasteiger partial charge in [-0.3, -0.25) is 0 Å². The van der Waals surface area contributed by atoms with Crippen molar-refractivity contribution < 1.29 is 9.53 Å². The number of hydrogen-bond acceptors (Lipinski definition) is 3. The molecule has 4 nitrogen and oxygen atoms in total. The molecule has 0 aromatic heterocycles. The second-order valence-electron chi connectivity index (χ2n) is 8.70. The molecule has 1 saturated heterocycles. The van der Waals surface area contributed by atoms with Crippen LogP contribution in [-0.2, 0) is 11.2 Å². The van der Waals surface area contributed by atoms with Gasteiger partial charge in [0, 0.05) is 13.1 Å². The smallest absolute Gasteiger partial charge is 0.410 e. The summed E-state index contributed by atoms with van der Waals surface area (Å²) in [5, 5.41) is 3.63. The van der Waals surface area contributed by atoms with E-state index >= 15 is 0 Å². The second kappa shape index (κ2) is 7.77. The Kier molecular flexibility index (Phi) is 5.67.